The SMILES string of the molecule is CC(C)(C)OC(=O)N[C@@H](C(=O)N1CCN(CC(=O)N2CCN(C(=O)c3cc(Cc4n[nH]c(=O)c5ccccc45)ccc3F)CC2)CC1)C1CCCCC1. The molecule has 2 aliphatic heterocycles. The van der Waals surface area contributed by atoms with E-state index in [1.807, 2.05) is 17.0 Å². The fourth-order valence-corrected chi connectivity index (χ4v) is 7.57. The summed E-state index contributed by atoms with van der Waals surface area (Å²) < 4.78 is 20.5. The molecular weight excluding hydrogens is 681 g/mol. The van der Waals surface area contributed by atoms with E-state index in [9.17, 15) is 28.4 Å². The number of H-pyrrole nitrogens is 1. The predicted molar refractivity (Wildman–Crippen MR) is 197 cm³/mol. The minimum Gasteiger partial charge on any atom is -0.444 e. The molecule has 53 heavy (non-hydrogen) atoms. The van der Waals surface area contributed by atoms with E-state index >= 15 is 0 Å². The lowest BCUT2D eigenvalue weighted by atomic mass is 9.83. The van der Waals surface area contributed by atoms with E-state index in [0.717, 1.165) is 32.1 Å². The predicted octanol–water partition coefficient (Wildman–Crippen LogP) is 3.56. The number of aromatic nitrogens is 2. The van der Waals surface area contributed by atoms with E-state index in [4.69, 9.17) is 4.74 Å². The highest BCUT2D eigenvalue weighted by Gasteiger charge is 2.36. The number of fused-ring (bicyclic) bond motifs is 1. The van der Waals surface area contributed by atoms with E-state index in [0.29, 0.717) is 67.7 Å². The van der Waals surface area contributed by atoms with Gasteiger partial charge in [0.25, 0.3) is 11.5 Å². The number of alkyl carbamates (subject to hydrolysis) is 1. The number of piperazine rings is 2. The molecule has 4 amide bonds. The van der Waals surface area contributed by atoms with E-state index in [2.05, 4.69) is 15.5 Å². The Bertz CT molecular complexity index is 1870. The standard InChI is InChI=1S/C39H50FN7O6/c1-39(2,3)53-38(52)41-34(27-9-5-4-6-10-27)37(51)47-17-15-44(16-18-47)25-33(48)45-19-21-46(22-20-45)36(50)30-23-26(13-14-31(30)40)24-32-28-11-7-8-12-29(28)35(49)43-42-32/h7-8,11-14,23,27,34H,4-6,9-10,15-22,24-25H2,1-3H3,(H,41,52)(H,43,49)/t34-/m1/s1. The number of carbonyl (C=O) groups is 4. The molecule has 284 valence electrons. The zero-order valence-electron chi connectivity index (χ0n) is 30.9. The summed E-state index contributed by atoms with van der Waals surface area (Å²) in [6.45, 7) is 8.75. The number of rotatable bonds is 8. The Hall–Kier alpha value is -4.85. The lowest BCUT2D eigenvalue weighted by Gasteiger charge is -2.40. The van der Waals surface area contributed by atoms with Crippen molar-refractivity contribution in [3.63, 3.8) is 0 Å². The van der Waals surface area contributed by atoms with Gasteiger partial charge in [0.2, 0.25) is 11.8 Å². The zero-order chi connectivity index (χ0) is 37.7. The third kappa shape index (κ3) is 9.39. The van der Waals surface area contributed by atoms with Crippen molar-refractivity contribution in [3.05, 3.63) is 75.5 Å². The Kier molecular flexibility index (Phi) is 11.8. The maximum absolute atomic E-state index is 15.0. The van der Waals surface area contributed by atoms with Crippen molar-refractivity contribution in [1.29, 1.82) is 0 Å². The third-order valence-electron chi connectivity index (χ3n) is 10.4. The average Bonchev–Trinajstić information content (AvgIpc) is 3.15. The van der Waals surface area contributed by atoms with Gasteiger partial charge in [0.1, 0.15) is 17.5 Å². The second-order valence-electron chi connectivity index (χ2n) is 15.3. The van der Waals surface area contributed by atoms with Crippen LogP contribution in [0.25, 0.3) is 10.8 Å². The van der Waals surface area contributed by atoms with Crippen molar-refractivity contribution in [2.75, 3.05) is 58.9 Å². The summed E-state index contributed by atoms with van der Waals surface area (Å²) in [7, 11) is 0. The van der Waals surface area contributed by atoms with Crippen molar-refractivity contribution in [1.82, 2.24) is 35.1 Å². The van der Waals surface area contributed by atoms with Crippen LogP contribution in [0.2, 0.25) is 0 Å². The zero-order valence-corrected chi connectivity index (χ0v) is 30.9. The Morgan fingerprint density at radius 3 is 2.21 bits per heavy atom. The topological polar surface area (TPSA) is 148 Å². The van der Waals surface area contributed by atoms with Gasteiger partial charge in [-0.1, -0.05) is 43.5 Å². The fraction of sp³-hybridized carbons (Fsp3) is 0.538. The van der Waals surface area contributed by atoms with Gasteiger partial charge in [0, 0.05) is 64.2 Å². The molecule has 1 aromatic heterocycles. The van der Waals surface area contributed by atoms with E-state index in [-0.39, 0.29) is 48.5 Å². The van der Waals surface area contributed by atoms with E-state index in [1.165, 1.54) is 12.1 Å². The molecule has 0 spiro atoms. The lowest BCUT2D eigenvalue weighted by molar-refractivity contribution is -0.138. The Labute approximate surface area is 308 Å². The smallest absolute Gasteiger partial charge is 0.408 e. The minimum atomic E-state index is -0.670. The van der Waals surface area contributed by atoms with Crippen LogP contribution in [0.3, 0.4) is 0 Å². The fourth-order valence-electron chi connectivity index (χ4n) is 7.57. The Morgan fingerprint density at radius 1 is 0.887 bits per heavy atom. The van der Waals surface area contributed by atoms with Gasteiger partial charge in [0.15, 0.2) is 0 Å². The minimum absolute atomic E-state index is 0.0459. The van der Waals surface area contributed by atoms with Gasteiger partial charge in [-0.2, -0.15) is 5.10 Å². The van der Waals surface area contributed by atoms with Gasteiger partial charge in [0.05, 0.1) is 23.2 Å². The van der Waals surface area contributed by atoms with E-state index < -0.39 is 29.5 Å². The number of amides is 4. The molecule has 3 fully saturated rings. The molecule has 0 bridgehead atoms. The highest BCUT2D eigenvalue weighted by Crippen LogP contribution is 2.28. The summed E-state index contributed by atoms with van der Waals surface area (Å²) in [4.78, 5) is 72.5. The number of hydrogen-bond acceptors (Lipinski definition) is 8. The van der Waals surface area contributed by atoms with Crippen molar-refractivity contribution in [2.24, 2.45) is 5.92 Å². The van der Waals surface area contributed by atoms with Crippen molar-refractivity contribution in [3.8, 4) is 0 Å². The first kappa shape index (κ1) is 37.9. The van der Waals surface area contributed by atoms with Crippen LogP contribution >= 0.6 is 0 Å². The van der Waals surface area contributed by atoms with Gasteiger partial charge in [-0.25, -0.2) is 14.3 Å². The van der Waals surface area contributed by atoms with Crippen LogP contribution in [-0.2, 0) is 20.7 Å². The molecular formula is C39H50FN7O6. The van der Waals surface area contributed by atoms with Crippen LogP contribution in [0, 0.1) is 11.7 Å². The molecule has 3 heterocycles. The number of ether oxygens (including phenoxy) is 1. The van der Waals surface area contributed by atoms with Crippen LogP contribution in [0.15, 0.2) is 47.3 Å². The Morgan fingerprint density at radius 2 is 1.53 bits per heavy atom. The number of nitrogens with zero attached hydrogens (tertiary/aromatic N) is 5. The first-order valence-electron chi connectivity index (χ1n) is 18.7. The first-order chi connectivity index (χ1) is 25.4. The van der Waals surface area contributed by atoms with Crippen molar-refractivity contribution in [2.45, 2.75) is 70.9 Å². The molecule has 1 aliphatic carbocycles. The highest BCUT2D eigenvalue weighted by molar-refractivity contribution is 5.95. The van der Waals surface area contributed by atoms with Crippen LogP contribution in [0.1, 0.15) is 74.5 Å². The summed E-state index contributed by atoms with van der Waals surface area (Å²) >= 11 is 0. The van der Waals surface area contributed by atoms with E-state index in [1.54, 1.807) is 53.7 Å². The maximum Gasteiger partial charge on any atom is 0.408 e. The maximum atomic E-state index is 15.0. The summed E-state index contributed by atoms with van der Waals surface area (Å²) in [6.07, 6.45) is 4.67. The Balaban J connectivity index is 0.992. The molecule has 2 N–H and O–H groups in total. The molecule has 3 aliphatic rings. The molecule has 6 rings (SSSR count). The number of aromatic amines is 1. The van der Waals surface area contributed by atoms with Gasteiger partial charge in [-0.3, -0.25) is 24.1 Å². The molecule has 2 aromatic carbocycles. The highest BCUT2D eigenvalue weighted by atomic mass is 19.1. The largest absolute Gasteiger partial charge is 0.444 e. The summed E-state index contributed by atoms with van der Waals surface area (Å²) in [5, 5.41) is 10.8. The molecule has 1 atom stereocenters. The normalized spacial score (nSPS) is 18.2. The summed E-state index contributed by atoms with van der Waals surface area (Å²) in [5.41, 5.74) is 0.287. The molecule has 0 radical (unpaired) electrons. The van der Waals surface area contributed by atoms with Crippen LogP contribution in [-0.4, -0.2) is 124 Å². The number of benzene rings is 2. The van der Waals surface area contributed by atoms with Crippen molar-refractivity contribution < 1.29 is 28.3 Å². The molecule has 0 unspecified atom stereocenters. The average molecular weight is 732 g/mol. The van der Waals surface area contributed by atoms with Crippen molar-refractivity contribution >= 4 is 34.6 Å². The number of carbonyl (C=O) groups excluding carboxylic acids is 4. The molecule has 13 nitrogen and oxygen atoms in total. The van der Waals surface area contributed by atoms with Gasteiger partial charge in [-0.05, 0) is 63.3 Å². The first-order valence-corrected chi connectivity index (χ1v) is 18.7. The monoisotopic (exact) mass is 731 g/mol. The van der Waals surface area contributed by atoms with Gasteiger partial charge >= 0.3 is 6.09 Å². The number of hydrogen-bond donors (Lipinski definition) is 2. The van der Waals surface area contributed by atoms with Gasteiger partial charge in [-0.15, -0.1) is 0 Å². The number of halogens is 1. The van der Waals surface area contributed by atoms with Crippen LogP contribution in [0.5, 0.6) is 0 Å². The molecule has 3 aromatic rings. The quantitative estimate of drug-likeness (QED) is 0.358. The third-order valence-corrected chi connectivity index (χ3v) is 10.4. The van der Waals surface area contributed by atoms with Crippen LogP contribution in [0.4, 0.5) is 9.18 Å². The number of nitrogens with one attached hydrogen (secondary N) is 2. The molecule has 14 heteroatoms. The molecule has 2 saturated heterocycles. The molecule has 1 saturated carbocycles. The second-order valence-corrected chi connectivity index (χ2v) is 15.3. The van der Waals surface area contributed by atoms with Gasteiger partial charge < -0.3 is 24.8 Å². The van der Waals surface area contributed by atoms with Crippen LogP contribution < -0.4 is 10.9 Å². The second kappa shape index (κ2) is 16.4. The summed E-state index contributed by atoms with van der Waals surface area (Å²) in [5.74, 6) is -1.16. The lowest BCUT2D eigenvalue weighted by Crippen LogP contribution is -2.59. The summed E-state index contributed by atoms with van der Waals surface area (Å²) in [6, 6.07) is 10.9.